The molecule has 0 unspecified atom stereocenters. The zero-order valence-corrected chi connectivity index (χ0v) is 17.6. The van der Waals surface area contributed by atoms with Gasteiger partial charge in [0, 0.05) is 10.0 Å². The molecule has 3 rings (SSSR count). The van der Waals surface area contributed by atoms with E-state index in [0.717, 1.165) is 21.3 Å². The van der Waals surface area contributed by atoms with Crippen molar-refractivity contribution < 1.29 is 14.1 Å². The predicted molar refractivity (Wildman–Crippen MR) is 110 cm³/mol. The van der Waals surface area contributed by atoms with E-state index in [1.165, 1.54) is 0 Å². The monoisotopic (exact) mass is 443 g/mol. The predicted octanol–water partition coefficient (Wildman–Crippen LogP) is 4.71. The average Bonchev–Trinajstić information content (AvgIpc) is 3.15. The Balaban J connectivity index is 1.59. The van der Waals surface area contributed by atoms with E-state index in [0.29, 0.717) is 17.6 Å². The third-order valence-corrected chi connectivity index (χ3v) is 4.67. The minimum Gasteiger partial charge on any atom is -0.481 e. The lowest BCUT2D eigenvalue weighted by Gasteiger charge is -2.18. The van der Waals surface area contributed by atoms with Crippen LogP contribution >= 0.6 is 15.9 Å². The Kier molecular flexibility index (Phi) is 6.46. The number of nitrogens with one attached hydrogen (secondary N) is 1. The zero-order chi connectivity index (χ0) is 20.1. The molecule has 0 bridgehead atoms. The minimum atomic E-state index is -0.646. The van der Waals surface area contributed by atoms with E-state index in [-0.39, 0.29) is 12.5 Å². The average molecular weight is 444 g/mol. The van der Waals surface area contributed by atoms with Crippen molar-refractivity contribution in [2.24, 2.45) is 0 Å². The van der Waals surface area contributed by atoms with Gasteiger partial charge in [0.2, 0.25) is 11.7 Å². The summed E-state index contributed by atoms with van der Waals surface area (Å²) in [4.78, 5) is 16.7. The van der Waals surface area contributed by atoms with Crippen molar-refractivity contribution in [2.45, 2.75) is 39.3 Å². The first kappa shape index (κ1) is 20.1. The number of carbonyl (C=O) groups is 1. The number of carbonyl (C=O) groups excluding carboxylic acids is 1. The fraction of sp³-hybridized carbons (Fsp3) is 0.286. The molecule has 3 aromatic rings. The molecule has 6 nitrogen and oxygen atoms in total. The van der Waals surface area contributed by atoms with E-state index >= 15 is 0 Å². The second kappa shape index (κ2) is 9.01. The van der Waals surface area contributed by atoms with Gasteiger partial charge >= 0.3 is 0 Å². The van der Waals surface area contributed by atoms with Crippen LogP contribution in [0.1, 0.15) is 38.1 Å². The molecule has 7 heteroatoms. The molecule has 1 N–H and O–H groups in total. The summed E-state index contributed by atoms with van der Waals surface area (Å²) in [5.74, 6) is 1.58. The highest BCUT2D eigenvalue weighted by molar-refractivity contribution is 9.10. The highest BCUT2D eigenvalue weighted by atomic mass is 79.9. The molecule has 0 saturated carbocycles. The molecule has 0 radical (unpaired) electrons. The second-order valence-corrected chi connectivity index (χ2v) is 7.61. The van der Waals surface area contributed by atoms with Gasteiger partial charge in [-0.05, 0) is 36.6 Å². The van der Waals surface area contributed by atoms with Gasteiger partial charge in [0.1, 0.15) is 5.75 Å². The van der Waals surface area contributed by atoms with Crippen molar-refractivity contribution in [2.75, 3.05) is 0 Å². The highest BCUT2D eigenvalue weighted by Gasteiger charge is 2.18. The maximum Gasteiger partial charge on any atom is 0.261 e. The normalized spacial score (nSPS) is 12.0. The van der Waals surface area contributed by atoms with Gasteiger partial charge in [0.15, 0.2) is 6.10 Å². The number of nitrogens with zero attached hydrogens (tertiary/aromatic N) is 2. The molecule has 28 heavy (non-hydrogen) atoms. The first-order valence-corrected chi connectivity index (χ1v) is 9.85. The molecule has 1 aromatic heterocycles. The fourth-order valence-electron chi connectivity index (χ4n) is 2.69. The van der Waals surface area contributed by atoms with Gasteiger partial charge in [-0.1, -0.05) is 65.3 Å². The van der Waals surface area contributed by atoms with Gasteiger partial charge in [-0.25, -0.2) is 0 Å². The van der Waals surface area contributed by atoms with Crippen LogP contribution in [0.2, 0.25) is 0 Å². The fourth-order valence-corrected chi connectivity index (χ4v) is 3.09. The van der Waals surface area contributed by atoms with Crippen LogP contribution < -0.4 is 10.1 Å². The van der Waals surface area contributed by atoms with E-state index in [1.807, 2.05) is 48.5 Å². The Labute approximate surface area is 172 Å². The number of hydrogen-bond donors (Lipinski definition) is 1. The molecule has 146 valence electrons. The molecule has 0 aliphatic carbocycles. The highest BCUT2D eigenvalue weighted by Crippen LogP contribution is 2.26. The third kappa shape index (κ3) is 4.98. The maximum atomic E-state index is 12.4. The second-order valence-electron chi connectivity index (χ2n) is 6.69. The summed E-state index contributed by atoms with van der Waals surface area (Å²) in [6, 6.07) is 15.3. The molecule has 1 amide bonds. The van der Waals surface area contributed by atoms with Crippen molar-refractivity contribution in [3.63, 3.8) is 0 Å². The summed E-state index contributed by atoms with van der Waals surface area (Å²) >= 11 is 3.42. The maximum absolute atomic E-state index is 12.4. The first-order chi connectivity index (χ1) is 13.4. The van der Waals surface area contributed by atoms with Crippen molar-refractivity contribution in [3.8, 4) is 17.1 Å². The molecule has 0 spiro atoms. The Morgan fingerprint density at radius 3 is 2.71 bits per heavy atom. The lowest BCUT2D eigenvalue weighted by atomic mass is 10.0. The standard InChI is InChI=1S/C21H22BrN3O3/c1-13(2)17-9-4-5-10-18(17)27-14(3)21(26)23-12-19-24-20(25-28-19)15-7-6-8-16(22)11-15/h4-11,13-14H,12H2,1-3H3,(H,23,26)/t14-/m1/s1. The number of benzene rings is 2. The number of ether oxygens (including phenoxy) is 1. The van der Waals surface area contributed by atoms with Gasteiger partial charge in [0.05, 0.1) is 6.54 Å². The Hall–Kier alpha value is -2.67. The van der Waals surface area contributed by atoms with Crippen LogP contribution in [0, 0.1) is 0 Å². The van der Waals surface area contributed by atoms with Crippen LogP contribution in [0.4, 0.5) is 0 Å². The number of para-hydroxylation sites is 1. The van der Waals surface area contributed by atoms with Crippen molar-refractivity contribution in [1.82, 2.24) is 15.5 Å². The van der Waals surface area contributed by atoms with E-state index in [4.69, 9.17) is 9.26 Å². The summed E-state index contributed by atoms with van der Waals surface area (Å²) in [6.45, 7) is 6.03. The first-order valence-electron chi connectivity index (χ1n) is 9.06. The Morgan fingerprint density at radius 1 is 1.18 bits per heavy atom. The molecular weight excluding hydrogens is 422 g/mol. The number of aromatic nitrogens is 2. The van der Waals surface area contributed by atoms with Gasteiger partial charge in [-0.3, -0.25) is 4.79 Å². The number of amides is 1. The summed E-state index contributed by atoms with van der Waals surface area (Å²) in [6.07, 6.45) is -0.646. The summed E-state index contributed by atoms with van der Waals surface area (Å²) in [5.41, 5.74) is 1.90. The lowest BCUT2D eigenvalue weighted by Crippen LogP contribution is -2.36. The number of rotatable bonds is 7. The molecule has 0 saturated heterocycles. The van der Waals surface area contributed by atoms with Crippen LogP contribution in [0.3, 0.4) is 0 Å². The largest absolute Gasteiger partial charge is 0.481 e. The summed E-state index contributed by atoms with van der Waals surface area (Å²) in [7, 11) is 0. The van der Waals surface area contributed by atoms with Crippen molar-refractivity contribution in [1.29, 1.82) is 0 Å². The van der Waals surface area contributed by atoms with Crippen LogP contribution in [0.5, 0.6) is 5.75 Å². The van der Waals surface area contributed by atoms with Gasteiger partial charge in [-0.2, -0.15) is 4.98 Å². The van der Waals surface area contributed by atoms with E-state index < -0.39 is 6.10 Å². The molecule has 0 fully saturated rings. The number of hydrogen-bond acceptors (Lipinski definition) is 5. The summed E-state index contributed by atoms with van der Waals surface area (Å²) in [5, 5.41) is 6.73. The van der Waals surface area contributed by atoms with E-state index in [1.54, 1.807) is 6.92 Å². The minimum absolute atomic E-state index is 0.138. The van der Waals surface area contributed by atoms with Crippen LogP contribution in [0.25, 0.3) is 11.4 Å². The molecule has 0 aliphatic rings. The van der Waals surface area contributed by atoms with E-state index in [9.17, 15) is 4.79 Å². The van der Waals surface area contributed by atoms with Crippen molar-refractivity contribution >= 4 is 21.8 Å². The van der Waals surface area contributed by atoms with Gasteiger partial charge in [-0.15, -0.1) is 0 Å². The quantitative estimate of drug-likeness (QED) is 0.572. The molecular formula is C21H22BrN3O3. The summed E-state index contributed by atoms with van der Waals surface area (Å²) < 4.78 is 12.0. The van der Waals surface area contributed by atoms with Gasteiger partial charge < -0.3 is 14.6 Å². The Bertz CT molecular complexity index is 955. The molecule has 0 aliphatic heterocycles. The molecule has 2 aromatic carbocycles. The molecule has 1 heterocycles. The van der Waals surface area contributed by atoms with E-state index in [2.05, 4.69) is 45.2 Å². The van der Waals surface area contributed by atoms with Crippen LogP contribution in [-0.2, 0) is 11.3 Å². The van der Waals surface area contributed by atoms with Crippen LogP contribution in [-0.4, -0.2) is 22.2 Å². The molecule has 1 atom stereocenters. The van der Waals surface area contributed by atoms with Crippen molar-refractivity contribution in [3.05, 3.63) is 64.5 Å². The zero-order valence-electron chi connectivity index (χ0n) is 16.0. The number of halogens is 1. The van der Waals surface area contributed by atoms with Gasteiger partial charge in [0.25, 0.3) is 5.91 Å². The lowest BCUT2D eigenvalue weighted by molar-refractivity contribution is -0.127. The Morgan fingerprint density at radius 2 is 1.96 bits per heavy atom. The topological polar surface area (TPSA) is 77.2 Å². The van der Waals surface area contributed by atoms with Crippen LogP contribution in [0.15, 0.2) is 57.5 Å². The smallest absolute Gasteiger partial charge is 0.261 e. The SMILES string of the molecule is CC(C)c1ccccc1O[C@H](C)C(=O)NCc1nc(-c2cccc(Br)c2)no1. The third-order valence-electron chi connectivity index (χ3n) is 4.18.